The zero-order valence-corrected chi connectivity index (χ0v) is 6.97. The van der Waals surface area contributed by atoms with Crippen LogP contribution in [0.5, 0.6) is 0 Å². The van der Waals surface area contributed by atoms with Crippen LogP contribution in [0.4, 0.5) is 5.69 Å². The van der Waals surface area contributed by atoms with E-state index < -0.39 is 0 Å². The molecule has 0 radical (unpaired) electrons. The molecule has 0 saturated carbocycles. The summed E-state index contributed by atoms with van der Waals surface area (Å²) in [6.45, 7) is 3.06. The van der Waals surface area contributed by atoms with Crippen LogP contribution in [0.25, 0.3) is 0 Å². The van der Waals surface area contributed by atoms with E-state index in [-0.39, 0.29) is 11.5 Å². The first-order chi connectivity index (χ1) is 5.61. The van der Waals surface area contributed by atoms with Crippen molar-refractivity contribution in [3.05, 3.63) is 28.2 Å². The van der Waals surface area contributed by atoms with E-state index in [0.717, 1.165) is 0 Å². The molecular formula is C8H10N2O2. The minimum absolute atomic E-state index is 0.177. The van der Waals surface area contributed by atoms with Crippen molar-refractivity contribution in [1.82, 2.24) is 4.98 Å². The van der Waals surface area contributed by atoms with Crippen LogP contribution >= 0.6 is 0 Å². The molecule has 0 aromatic carbocycles. The Kier molecular flexibility index (Phi) is 2.28. The normalized spacial score (nSPS) is 9.50. The maximum Gasteiger partial charge on any atom is 0.252 e. The summed E-state index contributed by atoms with van der Waals surface area (Å²) in [7, 11) is 0. The summed E-state index contributed by atoms with van der Waals surface area (Å²) >= 11 is 0. The summed E-state index contributed by atoms with van der Waals surface area (Å²) in [5.41, 5.74) is 0.903. The molecule has 0 aliphatic carbocycles. The maximum absolute atomic E-state index is 11.0. The van der Waals surface area contributed by atoms with Gasteiger partial charge in [-0.05, 0) is 13.0 Å². The number of pyridine rings is 1. The van der Waals surface area contributed by atoms with Crippen LogP contribution in [0.15, 0.2) is 17.1 Å². The fourth-order valence-corrected chi connectivity index (χ4v) is 0.881. The quantitative estimate of drug-likeness (QED) is 0.643. The second-order valence-electron chi connectivity index (χ2n) is 2.53. The number of carbonyl (C=O) groups is 1. The molecule has 1 heterocycles. The number of H-pyrrole nitrogens is 1. The molecule has 0 unspecified atom stereocenters. The van der Waals surface area contributed by atoms with E-state index >= 15 is 0 Å². The van der Waals surface area contributed by atoms with Crippen molar-refractivity contribution < 1.29 is 4.79 Å². The lowest BCUT2D eigenvalue weighted by Crippen LogP contribution is -2.14. The number of amides is 1. The number of carbonyl (C=O) groups excluding carboxylic acids is 1. The first-order valence-electron chi connectivity index (χ1n) is 3.57. The topological polar surface area (TPSA) is 62.0 Å². The van der Waals surface area contributed by atoms with Gasteiger partial charge in [0, 0.05) is 18.7 Å². The van der Waals surface area contributed by atoms with Gasteiger partial charge in [-0.15, -0.1) is 0 Å². The van der Waals surface area contributed by atoms with Crippen molar-refractivity contribution in [3.63, 3.8) is 0 Å². The number of aromatic amines is 1. The number of nitrogens with one attached hydrogen (secondary N) is 2. The number of aromatic nitrogens is 1. The molecule has 1 rings (SSSR count). The highest BCUT2D eigenvalue weighted by Gasteiger charge is 2.01. The molecule has 0 atom stereocenters. The van der Waals surface area contributed by atoms with E-state index in [4.69, 9.17) is 0 Å². The average molecular weight is 166 g/mol. The van der Waals surface area contributed by atoms with Crippen molar-refractivity contribution in [2.45, 2.75) is 13.8 Å². The van der Waals surface area contributed by atoms with Crippen LogP contribution in [-0.4, -0.2) is 10.9 Å². The van der Waals surface area contributed by atoms with Gasteiger partial charge in [-0.2, -0.15) is 0 Å². The Balaban J connectivity index is 3.08. The van der Waals surface area contributed by atoms with Gasteiger partial charge in [-0.1, -0.05) is 0 Å². The Hall–Kier alpha value is -1.58. The van der Waals surface area contributed by atoms with Crippen LogP contribution < -0.4 is 10.9 Å². The summed E-state index contributed by atoms with van der Waals surface area (Å²) in [6.07, 6.45) is 1.50. The van der Waals surface area contributed by atoms with Crippen molar-refractivity contribution in [2.24, 2.45) is 0 Å². The van der Waals surface area contributed by atoms with Gasteiger partial charge >= 0.3 is 0 Å². The minimum Gasteiger partial charge on any atom is -0.329 e. The zero-order chi connectivity index (χ0) is 9.14. The Labute approximate surface area is 69.6 Å². The molecule has 1 amide bonds. The third-order valence-corrected chi connectivity index (χ3v) is 1.52. The first-order valence-corrected chi connectivity index (χ1v) is 3.57. The molecule has 0 spiro atoms. The van der Waals surface area contributed by atoms with Gasteiger partial charge < -0.3 is 10.3 Å². The summed E-state index contributed by atoms with van der Waals surface area (Å²) in [5.74, 6) is -0.177. The largest absolute Gasteiger partial charge is 0.329 e. The van der Waals surface area contributed by atoms with Gasteiger partial charge in [0.1, 0.15) is 0 Å². The van der Waals surface area contributed by atoms with E-state index in [1.54, 1.807) is 13.0 Å². The van der Waals surface area contributed by atoms with Crippen molar-refractivity contribution in [3.8, 4) is 0 Å². The molecule has 1 aromatic heterocycles. The van der Waals surface area contributed by atoms with Crippen LogP contribution in [0, 0.1) is 6.92 Å². The molecule has 2 N–H and O–H groups in total. The van der Waals surface area contributed by atoms with Gasteiger partial charge in [-0.25, -0.2) is 0 Å². The van der Waals surface area contributed by atoms with Crippen LogP contribution in [0.3, 0.4) is 0 Å². The molecular weight excluding hydrogens is 156 g/mol. The van der Waals surface area contributed by atoms with Gasteiger partial charge in [0.05, 0.1) is 5.69 Å². The summed E-state index contributed by atoms with van der Waals surface area (Å²) < 4.78 is 0. The smallest absolute Gasteiger partial charge is 0.252 e. The van der Waals surface area contributed by atoms with Crippen molar-refractivity contribution in [1.29, 1.82) is 0 Å². The van der Waals surface area contributed by atoms with Crippen molar-refractivity contribution >= 4 is 11.6 Å². The lowest BCUT2D eigenvalue weighted by molar-refractivity contribution is -0.114. The number of anilines is 1. The van der Waals surface area contributed by atoms with E-state index in [0.29, 0.717) is 11.3 Å². The Morgan fingerprint density at radius 3 is 2.83 bits per heavy atom. The fraction of sp³-hybridized carbons (Fsp3) is 0.250. The molecule has 0 aliphatic heterocycles. The fourth-order valence-electron chi connectivity index (χ4n) is 0.881. The molecule has 64 valence electrons. The van der Waals surface area contributed by atoms with E-state index in [1.807, 2.05) is 0 Å². The second kappa shape index (κ2) is 3.21. The summed E-state index contributed by atoms with van der Waals surface area (Å²) in [4.78, 5) is 24.2. The van der Waals surface area contributed by atoms with Crippen molar-refractivity contribution in [2.75, 3.05) is 5.32 Å². The number of hydrogen-bond acceptors (Lipinski definition) is 2. The highest BCUT2D eigenvalue weighted by Crippen LogP contribution is 2.06. The molecule has 4 heteroatoms. The predicted octanol–water partition coefficient (Wildman–Crippen LogP) is 0.642. The third-order valence-electron chi connectivity index (χ3n) is 1.52. The highest BCUT2D eigenvalue weighted by atomic mass is 16.1. The lowest BCUT2D eigenvalue weighted by Gasteiger charge is -2.03. The van der Waals surface area contributed by atoms with Gasteiger partial charge in [-0.3, -0.25) is 9.59 Å². The molecule has 0 fully saturated rings. The van der Waals surface area contributed by atoms with E-state index in [1.165, 1.54) is 13.1 Å². The predicted molar refractivity (Wildman–Crippen MR) is 46.1 cm³/mol. The SMILES string of the molecule is CC(=O)Nc1cc[nH]c(=O)c1C. The standard InChI is InChI=1S/C8H10N2O2/c1-5-7(10-6(2)11)3-4-9-8(5)12/h3-4H,1-2H3,(H2,9,10,11,12). The molecule has 12 heavy (non-hydrogen) atoms. The van der Waals surface area contributed by atoms with Gasteiger partial charge in [0.2, 0.25) is 5.91 Å². The lowest BCUT2D eigenvalue weighted by atomic mass is 10.2. The minimum atomic E-state index is -0.179. The maximum atomic E-state index is 11.0. The number of rotatable bonds is 1. The third kappa shape index (κ3) is 1.72. The Morgan fingerprint density at radius 1 is 1.58 bits per heavy atom. The van der Waals surface area contributed by atoms with Crippen LogP contribution in [0.2, 0.25) is 0 Å². The highest BCUT2D eigenvalue weighted by molar-refractivity contribution is 5.89. The molecule has 0 aliphatic rings. The molecule has 0 saturated heterocycles. The number of hydrogen-bond donors (Lipinski definition) is 2. The van der Waals surface area contributed by atoms with Gasteiger partial charge in [0.25, 0.3) is 5.56 Å². The molecule has 0 bridgehead atoms. The summed E-state index contributed by atoms with van der Waals surface area (Å²) in [5, 5.41) is 2.55. The van der Waals surface area contributed by atoms with E-state index in [2.05, 4.69) is 10.3 Å². The first kappa shape index (κ1) is 8.52. The average Bonchev–Trinajstić information content (AvgIpc) is 1.98. The zero-order valence-electron chi connectivity index (χ0n) is 6.97. The Morgan fingerprint density at radius 2 is 2.25 bits per heavy atom. The van der Waals surface area contributed by atoms with Gasteiger partial charge in [0.15, 0.2) is 0 Å². The Bertz CT molecular complexity index is 354. The van der Waals surface area contributed by atoms with E-state index in [9.17, 15) is 9.59 Å². The van der Waals surface area contributed by atoms with Crippen LogP contribution in [0.1, 0.15) is 12.5 Å². The molecule has 4 nitrogen and oxygen atoms in total. The second-order valence-corrected chi connectivity index (χ2v) is 2.53. The monoisotopic (exact) mass is 166 g/mol. The molecule has 1 aromatic rings. The summed E-state index contributed by atoms with van der Waals surface area (Å²) in [6, 6.07) is 1.65. The van der Waals surface area contributed by atoms with Crippen LogP contribution in [-0.2, 0) is 4.79 Å².